The van der Waals surface area contributed by atoms with Crippen LogP contribution in [0.5, 0.6) is 0 Å². The molecule has 0 N–H and O–H groups in total. The number of rotatable bonds is 6. The molecule has 0 saturated heterocycles. The van der Waals surface area contributed by atoms with Crippen molar-refractivity contribution in [3.05, 3.63) is 82.1 Å². The Bertz CT molecular complexity index is 955. The van der Waals surface area contributed by atoms with Crippen molar-refractivity contribution in [2.24, 2.45) is 0 Å². The fourth-order valence-electron chi connectivity index (χ4n) is 2.00. The summed E-state index contributed by atoms with van der Waals surface area (Å²) < 4.78 is 48.1. The summed E-state index contributed by atoms with van der Waals surface area (Å²) in [6, 6.07) is 16.1. The minimum absolute atomic E-state index is 0.689. The van der Waals surface area contributed by atoms with Crippen molar-refractivity contribution in [1.29, 1.82) is 0 Å². The molecule has 24 heavy (non-hydrogen) atoms. The van der Waals surface area contributed by atoms with Crippen LogP contribution in [0.15, 0.2) is 65.4 Å². The third kappa shape index (κ3) is 5.79. The number of hydrogen-bond acceptors (Lipinski definition) is 4. The van der Waals surface area contributed by atoms with Gasteiger partial charge in [0, 0.05) is 10.8 Å². The monoisotopic (exact) mass is 362 g/mol. The Kier molecular flexibility index (Phi) is 5.75. The Hall–Kier alpha value is -2.18. The molecule has 0 spiro atoms. The number of sulfone groups is 2. The second-order valence-corrected chi connectivity index (χ2v) is 9.45. The van der Waals surface area contributed by atoms with E-state index in [0.29, 0.717) is 5.56 Å². The normalized spacial score (nSPS) is 12.9. The molecule has 2 rings (SSSR count). The first kappa shape index (κ1) is 18.2. The Morgan fingerprint density at radius 1 is 0.750 bits per heavy atom. The van der Waals surface area contributed by atoms with Gasteiger partial charge in [0.05, 0.1) is 0 Å². The molecule has 0 bridgehead atoms. The highest BCUT2D eigenvalue weighted by Crippen LogP contribution is 2.12. The minimum atomic E-state index is -3.88. The summed E-state index contributed by atoms with van der Waals surface area (Å²) in [7, 11) is -7.75. The lowest BCUT2D eigenvalue weighted by atomic mass is 10.1. The van der Waals surface area contributed by atoms with E-state index in [4.69, 9.17) is 0 Å². The van der Waals surface area contributed by atoms with Crippen LogP contribution in [0.2, 0.25) is 0 Å². The zero-order valence-corrected chi connectivity index (χ0v) is 14.8. The van der Waals surface area contributed by atoms with Gasteiger partial charge in [0.15, 0.2) is 24.8 Å². The van der Waals surface area contributed by atoms with Crippen molar-refractivity contribution < 1.29 is 16.8 Å². The van der Waals surface area contributed by atoms with Crippen LogP contribution in [-0.4, -0.2) is 21.9 Å². The van der Waals surface area contributed by atoms with Gasteiger partial charge in [-0.2, -0.15) is 0 Å². The molecule has 0 aliphatic carbocycles. The van der Waals surface area contributed by atoms with Crippen molar-refractivity contribution >= 4 is 31.8 Å². The number of benzene rings is 2. The molecule has 4 nitrogen and oxygen atoms in total. The molecule has 0 unspecified atom stereocenters. The highest BCUT2D eigenvalue weighted by Gasteiger charge is 2.17. The van der Waals surface area contributed by atoms with Crippen LogP contribution in [0.4, 0.5) is 0 Å². The molecule has 0 aromatic heterocycles. The van der Waals surface area contributed by atoms with E-state index in [1.807, 2.05) is 25.1 Å². The predicted molar refractivity (Wildman–Crippen MR) is 98.4 cm³/mol. The molecule has 126 valence electrons. The van der Waals surface area contributed by atoms with E-state index in [1.165, 1.54) is 12.2 Å². The first-order valence-corrected chi connectivity index (χ1v) is 10.6. The highest BCUT2D eigenvalue weighted by molar-refractivity contribution is 8.10. The van der Waals surface area contributed by atoms with Crippen LogP contribution in [0.1, 0.15) is 16.7 Å². The van der Waals surface area contributed by atoms with Gasteiger partial charge in [0.25, 0.3) is 0 Å². The summed E-state index contributed by atoms with van der Waals surface area (Å²) in [5.74, 6) is 0. The Balaban J connectivity index is 2.13. The van der Waals surface area contributed by atoms with Gasteiger partial charge >= 0.3 is 0 Å². The molecular formula is C18H18O4S2. The topological polar surface area (TPSA) is 68.3 Å². The summed E-state index contributed by atoms with van der Waals surface area (Å²) in [5.41, 5.74) is 2.34. The maximum Gasteiger partial charge on any atom is 0.186 e. The van der Waals surface area contributed by atoms with Gasteiger partial charge in [-0.15, -0.1) is 0 Å². The molecule has 0 amide bonds. The van der Waals surface area contributed by atoms with Crippen LogP contribution >= 0.6 is 0 Å². The lowest BCUT2D eigenvalue weighted by Gasteiger charge is -2.00. The van der Waals surface area contributed by atoms with Crippen molar-refractivity contribution in [1.82, 2.24) is 0 Å². The molecule has 0 atom stereocenters. The molecule has 6 heteroatoms. The molecule has 2 aromatic rings. The Morgan fingerprint density at radius 2 is 1.29 bits per heavy atom. The molecule has 0 heterocycles. The van der Waals surface area contributed by atoms with E-state index < -0.39 is 24.8 Å². The average molecular weight is 362 g/mol. The highest BCUT2D eigenvalue weighted by atomic mass is 32.3. The van der Waals surface area contributed by atoms with Crippen LogP contribution in [0.25, 0.3) is 12.2 Å². The number of aryl methyl sites for hydroxylation is 1. The van der Waals surface area contributed by atoms with Gasteiger partial charge in [-0.25, -0.2) is 16.8 Å². The summed E-state index contributed by atoms with van der Waals surface area (Å²) >= 11 is 0. The van der Waals surface area contributed by atoms with E-state index in [-0.39, 0.29) is 0 Å². The molecule has 0 fully saturated rings. The molecule has 2 aromatic carbocycles. The van der Waals surface area contributed by atoms with Crippen molar-refractivity contribution in [3.8, 4) is 0 Å². The SMILES string of the molecule is Cc1ccccc1/C=C/S(=O)(=O)CS(=O)(=O)/C=C/c1ccccc1. The van der Waals surface area contributed by atoms with Gasteiger partial charge in [-0.3, -0.25) is 0 Å². The summed E-state index contributed by atoms with van der Waals surface area (Å²) in [6.45, 7) is 1.85. The second kappa shape index (κ2) is 7.59. The van der Waals surface area contributed by atoms with Crippen molar-refractivity contribution in [3.63, 3.8) is 0 Å². The van der Waals surface area contributed by atoms with E-state index in [9.17, 15) is 16.8 Å². The van der Waals surface area contributed by atoms with Crippen molar-refractivity contribution in [2.45, 2.75) is 6.92 Å². The molecule has 0 aliphatic rings. The largest absolute Gasteiger partial charge is 0.223 e. The third-order valence-electron chi connectivity index (χ3n) is 3.24. The van der Waals surface area contributed by atoms with E-state index >= 15 is 0 Å². The third-order valence-corrected chi connectivity index (χ3v) is 6.97. The van der Waals surface area contributed by atoms with Crippen LogP contribution in [0, 0.1) is 6.92 Å². The van der Waals surface area contributed by atoms with E-state index in [2.05, 4.69) is 0 Å². The Labute approximate surface area is 143 Å². The van der Waals surface area contributed by atoms with Gasteiger partial charge in [0.2, 0.25) is 0 Å². The van der Waals surface area contributed by atoms with Gasteiger partial charge in [-0.05, 0) is 35.8 Å². The van der Waals surface area contributed by atoms with Crippen molar-refractivity contribution in [2.75, 3.05) is 5.08 Å². The Morgan fingerprint density at radius 3 is 1.92 bits per heavy atom. The van der Waals surface area contributed by atoms with Gasteiger partial charge in [0.1, 0.15) is 0 Å². The maximum atomic E-state index is 12.0. The quantitative estimate of drug-likeness (QED) is 0.789. The lowest BCUT2D eigenvalue weighted by molar-refractivity contribution is 0.598. The summed E-state index contributed by atoms with van der Waals surface area (Å²) in [6.07, 6.45) is 2.80. The summed E-state index contributed by atoms with van der Waals surface area (Å²) in [4.78, 5) is 0. The van der Waals surface area contributed by atoms with E-state index in [1.54, 1.807) is 36.4 Å². The zero-order chi connectivity index (χ0) is 17.6. The molecule has 0 aliphatic heterocycles. The second-order valence-electron chi connectivity index (χ2n) is 5.32. The zero-order valence-electron chi connectivity index (χ0n) is 13.2. The first-order chi connectivity index (χ1) is 11.3. The maximum absolute atomic E-state index is 12.0. The molecule has 0 radical (unpaired) electrons. The van der Waals surface area contributed by atoms with Crippen LogP contribution in [-0.2, 0) is 19.7 Å². The van der Waals surface area contributed by atoms with E-state index in [0.717, 1.165) is 21.9 Å². The molecule has 0 saturated carbocycles. The fourth-order valence-corrected chi connectivity index (χ4v) is 5.18. The fraction of sp³-hybridized carbons (Fsp3) is 0.111. The van der Waals surface area contributed by atoms with Crippen LogP contribution < -0.4 is 0 Å². The number of hydrogen-bond donors (Lipinski definition) is 0. The lowest BCUT2D eigenvalue weighted by Crippen LogP contribution is -2.11. The smallest absolute Gasteiger partial charge is 0.186 e. The summed E-state index contributed by atoms with van der Waals surface area (Å²) in [5, 5.41) is 0.927. The van der Waals surface area contributed by atoms with Gasteiger partial charge in [-0.1, -0.05) is 54.6 Å². The standard InChI is InChI=1S/C18H18O4S2/c1-16-7-5-6-10-18(16)12-14-24(21,22)15-23(19,20)13-11-17-8-3-2-4-9-17/h2-14H,15H2,1H3/b13-11+,14-12+. The van der Waals surface area contributed by atoms with Crippen LogP contribution in [0.3, 0.4) is 0 Å². The molecular weight excluding hydrogens is 344 g/mol. The first-order valence-electron chi connectivity index (χ1n) is 7.20. The van der Waals surface area contributed by atoms with Gasteiger partial charge < -0.3 is 0 Å². The predicted octanol–water partition coefficient (Wildman–Crippen LogP) is 3.42. The minimum Gasteiger partial charge on any atom is -0.223 e. The average Bonchev–Trinajstić information content (AvgIpc) is 2.52.